The van der Waals surface area contributed by atoms with Gasteiger partial charge in [0.05, 0.1) is 11.3 Å². The number of aryl methyl sites for hydroxylation is 1. The third-order valence-electron chi connectivity index (χ3n) is 2.14. The number of pyridine rings is 1. The average Bonchev–Trinajstić information content (AvgIpc) is 2.75. The second-order valence-electron chi connectivity index (χ2n) is 3.45. The zero-order chi connectivity index (χ0) is 13.1. The molecule has 0 aromatic carbocycles. The number of hydrogen-bond acceptors (Lipinski definition) is 6. The van der Waals surface area contributed by atoms with Crippen molar-refractivity contribution in [3.05, 3.63) is 35.4 Å². The molecule has 0 aliphatic rings. The maximum Gasteiger partial charge on any atom is 0.261 e. The van der Waals surface area contributed by atoms with Crippen molar-refractivity contribution in [2.24, 2.45) is 5.84 Å². The number of anilines is 2. The van der Waals surface area contributed by atoms with Gasteiger partial charge in [0.25, 0.3) is 5.91 Å². The van der Waals surface area contributed by atoms with Gasteiger partial charge in [-0.2, -0.15) is 0 Å². The standard InChI is InChI=1S/C10H10FN5O2/c1-5-4-7(18-16-5)14-10(17)6-2-3-13-9(15-12)8(6)11/h2-4H,12H2,1H3,(H,13,15)(H,14,17). The van der Waals surface area contributed by atoms with E-state index in [1.807, 2.05) is 0 Å². The largest absolute Gasteiger partial charge is 0.338 e. The highest BCUT2D eigenvalue weighted by Crippen LogP contribution is 2.16. The fraction of sp³-hybridized carbons (Fsp3) is 0.100. The van der Waals surface area contributed by atoms with E-state index in [1.54, 1.807) is 6.92 Å². The summed E-state index contributed by atoms with van der Waals surface area (Å²) in [5.74, 6) is 3.47. The zero-order valence-electron chi connectivity index (χ0n) is 9.40. The summed E-state index contributed by atoms with van der Waals surface area (Å²) in [7, 11) is 0. The first-order valence-corrected chi connectivity index (χ1v) is 4.97. The van der Waals surface area contributed by atoms with Gasteiger partial charge >= 0.3 is 0 Å². The Hall–Kier alpha value is -2.48. The molecule has 8 heteroatoms. The minimum atomic E-state index is -0.839. The highest BCUT2D eigenvalue weighted by atomic mass is 19.1. The summed E-state index contributed by atoms with van der Waals surface area (Å²) in [4.78, 5) is 15.4. The van der Waals surface area contributed by atoms with E-state index in [9.17, 15) is 9.18 Å². The molecule has 1 amide bonds. The molecule has 2 heterocycles. The number of rotatable bonds is 3. The Bertz CT molecular complexity index is 583. The Kier molecular flexibility index (Phi) is 3.20. The van der Waals surface area contributed by atoms with Crippen molar-refractivity contribution < 1.29 is 13.7 Å². The molecule has 94 valence electrons. The molecule has 2 aromatic heterocycles. The molecule has 0 fully saturated rings. The number of carbonyl (C=O) groups excluding carboxylic acids is 1. The summed E-state index contributed by atoms with van der Waals surface area (Å²) < 4.78 is 18.5. The van der Waals surface area contributed by atoms with Crippen molar-refractivity contribution in [3.63, 3.8) is 0 Å². The van der Waals surface area contributed by atoms with Gasteiger partial charge in [0.1, 0.15) is 0 Å². The van der Waals surface area contributed by atoms with Gasteiger partial charge < -0.3 is 9.95 Å². The first-order chi connectivity index (χ1) is 8.61. The highest BCUT2D eigenvalue weighted by molar-refractivity contribution is 6.04. The van der Waals surface area contributed by atoms with E-state index in [-0.39, 0.29) is 17.3 Å². The Balaban J connectivity index is 2.24. The van der Waals surface area contributed by atoms with Crippen LogP contribution in [0.4, 0.5) is 16.1 Å². The lowest BCUT2D eigenvalue weighted by atomic mass is 10.2. The van der Waals surface area contributed by atoms with Gasteiger partial charge in [0.15, 0.2) is 11.6 Å². The van der Waals surface area contributed by atoms with Crippen molar-refractivity contribution in [2.45, 2.75) is 6.92 Å². The lowest BCUT2D eigenvalue weighted by Crippen LogP contribution is -2.17. The van der Waals surface area contributed by atoms with Crippen LogP contribution in [0.2, 0.25) is 0 Å². The van der Waals surface area contributed by atoms with Crippen molar-refractivity contribution in [2.75, 3.05) is 10.7 Å². The van der Waals surface area contributed by atoms with Crippen LogP contribution in [0.25, 0.3) is 0 Å². The summed E-state index contributed by atoms with van der Waals surface area (Å²) >= 11 is 0. The molecule has 7 nitrogen and oxygen atoms in total. The van der Waals surface area contributed by atoms with E-state index < -0.39 is 11.7 Å². The maximum absolute atomic E-state index is 13.7. The van der Waals surface area contributed by atoms with E-state index in [2.05, 4.69) is 20.9 Å². The predicted molar refractivity (Wildman–Crippen MR) is 61.2 cm³/mol. The molecule has 18 heavy (non-hydrogen) atoms. The topological polar surface area (TPSA) is 106 Å². The number of nitrogen functional groups attached to an aromatic ring is 1. The molecule has 2 rings (SSSR count). The summed E-state index contributed by atoms with van der Waals surface area (Å²) in [6, 6.07) is 2.74. The summed E-state index contributed by atoms with van der Waals surface area (Å²) in [5.41, 5.74) is 2.46. The van der Waals surface area contributed by atoms with Crippen LogP contribution in [0, 0.1) is 12.7 Å². The molecular formula is C10H10FN5O2. The zero-order valence-corrected chi connectivity index (χ0v) is 9.40. The number of hydrogen-bond donors (Lipinski definition) is 3. The third-order valence-corrected chi connectivity index (χ3v) is 2.14. The summed E-state index contributed by atoms with van der Waals surface area (Å²) in [6.45, 7) is 1.70. The molecule has 0 radical (unpaired) electrons. The molecule has 0 saturated carbocycles. The Morgan fingerprint density at radius 2 is 2.33 bits per heavy atom. The number of aromatic nitrogens is 2. The van der Waals surface area contributed by atoms with Crippen molar-refractivity contribution in [1.29, 1.82) is 0 Å². The van der Waals surface area contributed by atoms with Gasteiger partial charge in [0.2, 0.25) is 5.88 Å². The van der Waals surface area contributed by atoms with Gasteiger partial charge in [-0.25, -0.2) is 15.2 Å². The minimum absolute atomic E-state index is 0.135. The van der Waals surface area contributed by atoms with Crippen LogP contribution in [0.15, 0.2) is 22.9 Å². The number of nitrogens with zero attached hydrogens (tertiary/aromatic N) is 2. The predicted octanol–water partition coefficient (Wildman–Crippen LogP) is 1.06. The van der Waals surface area contributed by atoms with Crippen molar-refractivity contribution in [1.82, 2.24) is 10.1 Å². The second kappa shape index (κ2) is 4.80. The summed E-state index contributed by atoms with van der Waals surface area (Å²) in [6.07, 6.45) is 1.26. The fourth-order valence-corrected chi connectivity index (χ4v) is 1.32. The molecular weight excluding hydrogens is 241 g/mol. The number of amides is 1. The Morgan fingerprint density at radius 3 is 2.94 bits per heavy atom. The molecule has 0 atom stereocenters. The van der Waals surface area contributed by atoms with Crippen molar-refractivity contribution >= 4 is 17.6 Å². The van der Waals surface area contributed by atoms with Crippen molar-refractivity contribution in [3.8, 4) is 0 Å². The van der Waals surface area contributed by atoms with Crippen LogP contribution >= 0.6 is 0 Å². The van der Waals surface area contributed by atoms with Gasteiger partial charge in [-0.05, 0) is 13.0 Å². The molecule has 2 aromatic rings. The molecule has 0 unspecified atom stereocenters. The van der Waals surface area contributed by atoms with Gasteiger partial charge in [0, 0.05) is 12.3 Å². The van der Waals surface area contributed by atoms with Gasteiger partial charge in [-0.1, -0.05) is 5.16 Å². The van der Waals surface area contributed by atoms with E-state index >= 15 is 0 Å². The van der Waals surface area contributed by atoms with E-state index in [0.29, 0.717) is 5.69 Å². The maximum atomic E-state index is 13.7. The molecule has 0 saturated heterocycles. The van der Waals surface area contributed by atoms with Crippen LogP contribution < -0.4 is 16.6 Å². The second-order valence-corrected chi connectivity index (χ2v) is 3.45. The average molecular weight is 251 g/mol. The summed E-state index contributed by atoms with van der Waals surface area (Å²) in [5, 5.41) is 5.96. The van der Waals surface area contributed by atoms with E-state index in [4.69, 9.17) is 10.4 Å². The van der Waals surface area contributed by atoms with Gasteiger partial charge in [-0.15, -0.1) is 0 Å². The number of halogens is 1. The van der Waals surface area contributed by atoms with Gasteiger partial charge in [-0.3, -0.25) is 10.1 Å². The minimum Gasteiger partial charge on any atom is -0.338 e. The van der Waals surface area contributed by atoms with Crippen LogP contribution in [0.5, 0.6) is 0 Å². The highest BCUT2D eigenvalue weighted by Gasteiger charge is 2.17. The van der Waals surface area contributed by atoms with E-state index in [0.717, 1.165) is 0 Å². The van der Waals surface area contributed by atoms with Crippen LogP contribution in [0.1, 0.15) is 16.1 Å². The lowest BCUT2D eigenvalue weighted by molar-refractivity contribution is 0.102. The fourth-order valence-electron chi connectivity index (χ4n) is 1.32. The number of hydrazine groups is 1. The van der Waals surface area contributed by atoms with Crippen LogP contribution in [0.3, 0.4) is 0 Å². The quantitative estimate of drug-likeness (QED) is 0.556. The van der Waals surface area contributed by atoms with Crippen LogP contribution in [-0.4, -0.2) is 16.0 Å². The number of nitrogens with two attached hydrogens (primary N) is 1. The Morgan fingerprint density at radius 1 is 1.56 bits per heavy atom. The monoisotopic (exact) mass is 251 g/mol. The normalized spacial score (nSPS) is 10.2. The molecule has 4 N–H and O–H groups in total. The third kappa shape index (κ3) is 2.28. The SMILES string of the molecule is Cc1cc(NC(=O)c2ccnc(NN)c2F)on1. The first kappa shape index (κ1) is 12.0. The lowest BCUT2D eigenvalue weighted by Gasteiger charge is -2.05. The van der Waals surface area contributed by atoms with Crippen LogP contribution in [-0.2, 0) is 0 Å². The van der Waals surface area contributed by atoms with E-state index in [1.165, 1.54) is 18.3 Å². The molecule has 0 aliphatic heterocycles. The number of carbonyl (C=O) groups is 1. The Labute approximate surface area is 101 Å². The molecule has 0 aliphatic carbocycles. The first-order valence-electron chi connectivity index (χ1n) is 4.97. The molecule has 0 bridgehead atoms. The number of nitrogens with one attached hydrogen (secondary N) is 2. The smallest absolute Gasteiger partial charge is 0.261 e. The molecule has 0 spiro atoms.